The van der Waals surface area contributed by atoms with Crippen LogP contribution in [-0.2, 0) is 10.7 Å². The Morgan fingerprint density at radius 2 is 1.48 bits per heavy atom. The normalized spacial score (nSPS) is 19.1. The molecule has 114 valence electrons. The minimum Gasteiger partial charge on any atom is -0.507 e. The maximum absolute atomic E-state index is 13.5. The predicted octanol–water partition coefficient (Wildman–Crippen LogP) is 4.56. The standard InChI is InChI=1S/C19H15O3P/c20-17-10-4-2-8-15(17)16-9-3-6-12-19(16)23(21)13-14-7-1-5-11-18(14)22-23/h1-12,20H,13H2. The van der Waals surface area contributed by atoms with Gasteiger partial charge in [0.05, 0.1) is 11.5 Å². The summed E-state index contributed by atoms with van der Waals surface area (Å²) in [7, 11) is -3.04. The van der Waals surface area contributed by atoms with E-state index in [-0.39, 0.29) is 5.75 Å². The molecule has 1 atom stereocenters. The van der Waals surface area contributed by atoms with Crippen LogP contribution < -0.4 is 9.83 Å². The third-order valence-electron chi connectivity index (χ3n) is 4.06. The van der Waals surface area contributed by atoms with E-state index in [1.54, 1.807) is 12.1 Å². The van der Waals surface area contributed by atoms with Crippen molar-refractivity contribution in [3.05, 3.63) is 78.4 Å². The molecule has 1 unspecified atom stereocenters. The third kappa shape index (κ3) is 2.34. The zero-order valence-electron chi connectivity index (χ0n) is 12.3. The zero-order chi connectivity index (χ0) is 15.9. The highest BCUT2D eigenvalue weighted by Crippen LogP contribution is 2.58. The van der Waals surface area contributed by atoms with E-state index in [2.05, 4.69) is 0 Å². The van der Waals surface area contributed by atoms with E-state index in [0.29, 0.717) is 22.8 Å². The predicted molar refractivity (Wildman–Crippen MR) is 91.6 cm³/mol. The van der Waals surface area contributed by atoms with Crippen LogP contribution in [0.3, 0.4) is 0 Å². The lowest BCUT2D eigenvalue weighted by Gasteiger charge is -2.17. The number of phenols is 1. The number of para-hydroxylation sites is 2. The summed E-state index contributed by atoms with van der Waals surface area (Å²) in [5, 5.41) is 10.8. The van der Waals surface area contributed by atoms with Crippen molar-refractivity contribution in [3.8, 4) is 22.6 Å². The van der Waals surface area contributed by atoms with Crippen LogP contribution in [0, 0.1) is 0 Å². The van der Waals surface area contributed by atoms with E-state index in [9.17, 15) is 9.67 Å². The highest BCUT2D eigenvalue weighted by Gasteiger charge is 2.37. The molecule has 0 radical (unpaired) electrons. The molecule has 0 bridgehead atoms. The van der Waals surface area contributed by atoms with Gasteiger partial charge in [-0.1, -0.05) is 54.6 Å². The Balaban J connectivity index is 1.86. The molecule has 4 heteroatoms. The number of phenolic OH excluding ortho intramolecular Hbond substituents is 1. The molecule has 1 N–H and O–H groups in total. The fraction of sp³-hybridized carbons (Fsp3) is 0.0526. The molecule has 3 aromatic carbocycles. The summed E-state index contributed by atoms with van der Waals surface area (Å²) in [6.45, 7) is 0. The van der Waals surface area contributed by atoms with Crippen LogP contribution in [0.1, 0.15) is 5.56 Å². The van der Waals surface area contributed by atoms with E-state index in [1.807, 2.05) is 60.7 Å². The molecule has 1 aliphatic heterocycles. The molecule has 0 aromatic heterocycles. The van der Waals surface area contributed by atoms with E-state index < -0.39 is 7.37 Å². The van der Waals surface area contributed by atoms with E-state index >= 15 is 0 Å². The minimum atomic E-state index is -3.04. The van der Waals surface area contributed by atoms with Crippen LogP contribution in [0.4, 0.5) is 0 Å². The van der Waals surface area contributed by atoms with Crippen LogP contribution >= 0.6 is 7.37 Å². The van der Waals surface area contributed by atoms with Crippen molar-refractivity contribution in [2.45, 2.75) is 6.16 Å². The van der Waals surface area contributed by atoms with Gasteiger partial charge in [0, 0.05) is 11.1 Å². The molecular formula is C19H15O3P. The first-order valence-corrected chi connectivity index (χ1v) is 9.23. The van der Waals surface area contributed by atoms with Crippen molar-refractivity contribution in [1.29, 1.82) is 0 Å². The molecule has 0 aliphatic carbocycles. The summed E-state index contributed by atoms with van der Waals surface area (Å²) < 4.78 is 19.3. The van der Waals surface area contributed by atoms with Gasteiger partial charge in [0.15, 0.2) is 0 Å². The van der Waals surface area contributed by atoms with Gasteiger partial charge in [0.1, 0.15) is 11.5 Å². The fourth-order valence-corrected chi connectivity index (χ4v) is 5.39. The molecule has 1 aliphatic rings. The van der Waals surface area contributed by atoms with Crippen molar-refractivity contribution >= 4 is 12.7 Å². The van der Waals surface area contributed by atoms with Gasteiger partial charge in [-0.2, -0.15) is 0 Å². The molecule has 0 amide bonds. The Hall–Kier alpha value is -2.51. The first-order chi connectivity index (χ1) is 11.2. The maximum Gasteiger partial charge on any atom is 0.282 e. The Bertz CT molecular complexity index is 904. The number of hydrogen-bond acceptors (Lipinski definition) is 3. The highest BCUT2D eigenvalue weighted by molar-refractivity contribution is 7.67. The SMILES string of the molecule is O=P1(c2ccccc2-c2ccccc2O)Cc2ccccc2O1. The van der Waals surface area contributed by atoms with Gasteiger partial charge in [-0.3, -0.25) is 4.57 Å². The minimum absolute atomic E-state index is 0.170. The van der Waals surface area contributed by atoms with Crippen LogP contribution in [0.2, 0.25) is 0 Å². The fourth-order valence-electron chi connectivity index (χ4n) is 2.97. The second-order valence-electron chi connectivity index (χ2n) is 5.56. The van der Waals surface area contributed by atoms with Crippen molar-refractivity contribution in [1.82, 2.24) is 0 Å². The van der Waals surface area contributed by atoms with E-state index in [0.717, 1.165) is 11.1 Å². The third-order valence-corrected chi connectivity index (χ3v) is 6.43. The van der Waals surface area contributed by atoms with Gasteiger partial charge in [0.25, 0.3) is 7.37 Å². The van der Waals surface area contributed by atoms with Crippen LogP contribution in [0.5, 0.6) is 11.5 Å². The summed E-state index contributed by atoms with van der Waals surface area (Å²) in [5.41, 5.74) is 2.38. The Morgan fingerprint density at radius 1 is 0.826 bits per heavy atom. The Morgan fingerprint density at radius 3 is 2.26 bits per heavy atom. The van der Waals surface area contributed by atoms with Gasteiger partial charge in [-0.05, 0) is 23.8 Å². The monoisotopic (exact) mass is 322 g/mol. The first kappa shape index (κ1) is 14.1. The van der Waals surface area contributed by atoms with E-state index in [4.69, 9.17) is 4.52 Å². The van der Waals surface area contributed by atoms with Crippen molar-refractivity contribution in [2.75, 3.05) is 0 Å². The topological polar surface area (TPSA) is 46.5 Å². The van der Waals surface area contributed by atoms with Crippen LogP contribution in [0.25, 0.3) is 11.1 Å². The van der Waals surface area contributed by atoms with Gasteiger partial charge in [-0.25, -0.2) is 0 Å². The lowest BCUT2D eigenvalue weighted by Crippen LogP contribution is -2.10. The smallest absolute Gasteiger partial charge is 0.282 e. The molecule has 0 spiro atoms. The Kier molecular flexibility index (Phi) is 3.24. The quantitative estimate of drug-likeness (QED) is 0.704. The van der Waals surface area contributed by atoms with Gasteiger partial charge >= 0.3 is 0 Å². The molecule has 3 aromatic rings. The molecular weight excluding hydrogens is 307 g/mol. The maximum atomic E-state index is 13.5. The molecule has 0 saturated heterocycles. The second-order valence-corrected chi connectivity index (χ2v) is 7.89. The molecule has 1 heterocycles. The number of hydrogen-bond donors (Lipinski definition) is 1. The van der Waals surface area contributed by atoms with Crippen LogP contribution in [0.15, 0.2) is 72.8 Å². The van der Waals surface area contributed by atoms with Gasteiger partial charge in [0.2, 0.25) is 0 Å². The average molecular weight is 322 g/mol. The average Bonchev–Trinajstić information content (AvgIpc) is 2.93. The summed E-state index contributed by atoms with van der Waals surface area (Å²) in [6.07, 6.45) is 0.383. The molecule has 3 nitrogen and oxygen atoms in total. The Labute approximate surface area is 134 Å². The summed E-state index contributed by atoms with van der Waals surface area (Å²) in [5.74, 6) is 0.853. The number of aromatic hydroxyl groups is 1. The molecule has 0 fully saturated rings. The highest BCUT2D eigenvalue weighted by atomic mass is 31.2. The summed E-state index contributed by atoms with van der Waals surface area (Å²) in [4.78, 5) is 0. The van der Waals surface area contributed by atoms with Crippen molar-refractivity contribution in [3.63, 3.8) is 0 Å². The summed E-state index contributed by atoms with van der Waals surface area (Å²) in [6, 6.07) is 22.1. The molecule has 23 heavy (non-hydrogen) atoms. The largest absolute Gasteiger partial charge is 0.507 e. The van der Waals surface area contributed by atoms with Crippen molar-refractivity contribution in [2.24, 2.45) is 0 Å². The van der Waals surface area contributed by atoms with Gasteiger partial charge < -0.3 is 9.63 Å². The lowest BCUT2D eigenvalue weighted by molar-refractivity contribution is 0.477. The van der Waals surface area contributed by atoms with Crippen LogP contribution in [-0.4, -0.2) is 5.11 Å². The number of fused-ring (bicyclic) bond motifs is 1. The van der Waals surface area contributed by atoms with E-state index in [1.165, 1.54) is 0 Å². The lowest BCUT2D eigenvalue weighted by atomic mass is 10.0. The summed E-state index contributed by atoms with van der Waals surface area (Å²) >= 11 is 0. The number of rotatable bonds is 2. The molecule has 4 rings (SSSR count). The van der Waals surface area contributed by atoms with Gasteiger partial charge in [-0.15, -0.1) is 0 Å². The number of benzene rings is 3. The second kappa shape index (κ2) is 5.29. The van der Waals surface area contributed by atoms with Crippen molar-refractivity contribution < 1.29 is 14.2 Å². The first-order valence-electron chi connectivity index (χ1n) is 7.42. The zero-order valence-corrected chi connectivity index (χ0v) is 13.2. The molecule has 0 saturated carbocycles.